The van der Waals surface area contributed by atoms with Crippen molar-refractivity contribution in [2.45, 2.75) is 20.0 Å². The summed E-state index contributed by atoms with van der Waals surface area (Å²) in [5.74, 6) is 0.892. The smallest absolute Gasteiger partial charge is 0.408 e. The molecule has 4 heterocycles. The zero-order valence-corrected chi connectivity index (χ0v) is 15.5. The first kappa shape index (κ1) is 15.4. The Balaban J connectivity index is 1.67. The number of pyridine rings is 1. The monoisotopic (exact) mass is 344 g/mol. The molecule has 5 nitrogen and oxygen atoms in total. The van der Waals surface area contributed by atoms with Crippen LogP contribution >= 0.6 is 0 Å². The van der Waals surface area contributed by atoms with Crippen molar-refractivity contribution in [1.29, 1.82) is 0 Å². The van der Waals surface area contributed by atoms with E-state index in [-0.39, 0.29) is 13.1 Å². The molecule has 0 N–H and O–H groups in total. The zero-order valence-electron chi connectivity index (χ0n) is 15.5. The topological polar surface area (TPSA) is 35.8 Å². The average molecular weight is 344 g/mol. The fourth-order valence-electron chi connectivity index (χ4n) is 4.42. The highest BCUT2D eigenvalue weighted by molar-refractivity contribution is 6.76. The SMILES string of the molecule is CC1=Cc2oc3ncccc3c2N(C)B1N1c2ccccc2N(C)[C@@H]1C. The highest BCUT2D eigenvalue weighted by Gasteiger charge is 2.44. The Hall–Kier alpha value is -2.89. The summed E-state index contributed by atoms with van der Waals surface area (Å²) < 4.78 is 6.00. The third kappa shape index (κ3) is 1.90. The molecule has 1 aromatic carbocycles. The molecule has 0 amide bonds. The van der Waals surface area contributed by atoms with Gasteiger partial charge in [0.05, 0.1) is 28.6 Å². The van der Waals surface area contributed by atoms with Crippen LogP contribution in [0, 0.1) is 0 Å². The van der Waals surface area contributed by atoms with E-state index >= 15 is 0 Å². The summed E-state index contributed by atoms with van der Waals surface area (Å²) in [5, 5.41) is 1.06. The van der Waals surface area contributed by atoms with Gasteiger partial charge in [0, 0.05) is 13.2 Å². The molecule has 0 unspecified atom stereocenters. The van der Waals surface area contributed by atoms with E-state index in [1.165, 1.54) is 16.8 Å². The molecular weight excluding hydrogens is 323 g/mol. The largest absolute Gasteiger partial charge is 0.436 e. The van der Waals surface area contributed by atoms with E-state index in [2.05, 4.69) is 83.9 Å². The average Bonchev–Trinajstić information content (AvgIpc) is 3.12. The molecule has 0 saturated carbocycles. The number of aromatic nitrogens is 1. The van der Waals surface area contributed by atoms with Crippen LogP contribution in [0.5, 0.6) is 0 Å². The summed E-state index contributed by atoms with van der Waals surface area (Å²) in [4.78, 5) is 11.5. The van der Waals surface area contributed by atoms with E-state index in [1.54, 1.807) is 6.20 Å². The number of hydrogen-bond acceptors (Lipinski definition) is 5. The Labute approximate surface area is 153 Å². The minimum Gasteiger partial charge on any atom is -0.436 e. The Morgan fingerprint density at radius 3 is 2.65 bits per heavy atom. The number of rotatable bonds is 1. The molecule has 0 spiro atoms. The van der Waals surface area contributed by atoms with Crippen molar-refractivity contribution in [3.63, 3.8) is 0 Å². The third-order valence-electron chi connectivity index (χ3n) is 5.72. The predicted octanol–water partition coefficient (Wildman–Crippen LogP) is 4.01. The molecule has 0 fully saturated rings. The van der Waals surface area contributed by atoms with Gasteiger partial charge in [-0.15, -0.1) is 0 Å². The molecule has 0 saturated heterocycles. The van der Waals surface area contributed by atoms with Gasteiger partial charge in [0.15, 0.2) is 5.76 Å². The van der Waals surface area contributed by atoms with Crippen molar-refractivity contribution >= 4 is 41.2 Å². The van der Waals surface area contributed by atoms with Crippen LogP contribution in [0.3, 0.4) is 0 Å². The molecule has 0 bridgehead atoms. The molecule has 3 aromatic rings. The molecule has 2 aliphatic heterocycles. The van der Waals surface area contributed by atoms with Gasteiger partial charge in [-0.25, -0.2) is 4.98 Å². The lowest BCUT2D eigenvalue weighted by Gasteiger charge is -2.40. The van der Waals surface area contributed by atoms with Crippen molar-refractivity contribution in [3.05, 3.63) is 53.8 Å². The first-order chi connectivity index (χ1) is 12.6. The molecule has 0 aliphatic carbocycles. The van der Waals surface area contributed by atoms with Gasteiger partial charge in [0.1, 0.15) is 0 Å². The maximum absolute atomic E-state index is 6.00. The van der Waals surface area contributed by atoms with Gasteiger partial charge >= 0.3 is 6.98 Å². The van der Waals surface area contributed by atoms with Crippen LogP contribution in [0.15, 0.2) is 52.5 Å². The van der Waals surface area contributed by atoms with Crippen LogP contribution in [0.4, 0.5) is 17.1 Å². The Morgan fingerprint density at radius 1 is 1.08 bits per heavy atom. The molecule has 5 rings (SSSR count). The minimum absolute atomic E-state index is 0.129. The molecular formula is C20H21BN4O. The van der Waals surface area contributed by atoms with Gasteiger partial charge < -0.3 is 18.9 Å². The zero-order chi connectivity index (χ0) is 18.0. The summed E-state index contributed by atoms with van der Waals surface area (Å²) in [5.41, 5.74) is 5.60. The number of allylic oxidation sites excluding steroid dienone is 1. The molecule has 2 aliphatic rings. The molecule has 1 atom stereocenters. The summed E-state index contributed by atoms with van der Waals surface area (Å²) >= 11 is 0. The normalized spacial score (nSPS) is 19.1. The summed E-state index contributed by atoms with van der Waals surface area (Å²) in [6.07, 6.45) is 4.20. The van der Waals surface area contributed by atoms with E-state index in [0.717, 1.165) is 16.8 Å². The fourth-order valence-corrected chi connectivity index (χ4v) is 4.42. The van der Waals surface area contributed by atoms with Crippen LogP contribution in [-0.2, 0) is 0 Å². The number of nitrogens with zero attached hydrogens (tertiary/aromatic N) is 4. The van der Waals surface area contributed by atoms with Crippen LogP contribution in [0.25, 0.3) is 17.2 Å². The lowest BCUT2D eigenvalue weighted by Crippen LogP contribution is -2.58. The van der Waals surface area contributed by atoms with Crippen LogP contribution in [-0.4, -0.2) is 32.2 Å². The van der Waals surface area contributed by atoms with Crippen LogP contribution in [0.2, 0.25) is 0 Å². The first-order valence-corrected chi connectivity index (χ1v) is 8.96. The number of fused-ring (bicyclic) bond motifs is 4. The highest BCUT2D eigenvalue weighted by Crippen LogP contribution is 2.44. The van der Waals surface area contributed by atoms with Gasteiger partial charge in [-0.3, -0.25) is 0 Å². The number of para-hydroxylation sites is 2. The van der Waals surface area contributed by atoms with Gasteiger partial charge in [0.2, 0.25) is 5.71 Å². The lowest BCUT2D eigenvalue weighted by atomic mass is 9.61. The maximum atomic E-state index is 6.00. The van der Waals surface area contributed by atoms with Crippen LogP contribution in [0.1, 0.15) is 19.6 Å². The Kier molecular flexibility index (Phi) is 3.14. The van der Waals surface area contributed by atoms with Crippen molar-refractivity contribution < 1.29 is 4.42 Å². The molecule has 6 heteroatoms. The van der Waals surface area contributed by atoms with E-state index in [0.29, 0.717) is 5.71 Å². The van der Waals surface area contributed by atoms with E-state index < -0.39 is 0 Å². The van der Waals surface area contributed by atoms with Gasteiger partial charge in [-0.1, -0.05) is 17.6 Å². The second kappa shape index (κ2) is 5.30. The Bertz CT molecular complexity index is 1040. The Morgan fingerprint density at radius 2 is 1.85 bits per heavy atom. The number of benzene rings is 1. The maximum Gasteiger partial charge on any atom is 0.408 e. The number of anilines is 3. The molecule has 2 aromatic heterocycles. The van der Waals surface area contributed by atoms with Crippen molar-refractivity contribution in [1.82, 2.24) is 4.98 Å². The second-order valence-electron chi connectivity index (χ2n) is 7.18. The first-order valence-electron chi connectivity index (χ1n) is 8.96. The van der Waals surface area contributed by atoms with E-state index in [9.17, 15) is 0 Å². The van der Waals surface area contributed by atoms with Gasteiger partial charge in [-0.05, 0) is 51.2 Å². The van der Waals surface area contributed by atoms with E-state index in [1.807, 2.05) is 6.07 Å². The second-order valence-corrected chi connectivity index (χ2v) is 7.18. The van der Waals surface area contributed by atoms with Crippen LogP contribution < -0.4 is 14.5 Å². The van der Waals surface area contributed by atoms with Crippen molar-refractivity contribution in [2.24, 2.45) is 0 Å². The van der Waals surface area contributed by atoms with Crippen molar-refractivity contribution in [3.8, 4) is 0 Å². The standard InChI is InChI=1S/C20H21BN4O/c1-13-12-18-19(15-8-7-11-22-20(15)26-18)24(4)21(13)25-14(2)23(3)16-9-5-6-10-17(16)25/h5-12,14H,1-4H3/t14-/m0/s1. The fraction of sp³-hybridized carbons (Fsp3) is 0.250. The lowest BCUT2D eigenvalue weighted by molar-refractivity contribution is 0.591. The van der Waals surface area contributed by atoms with Crippen molar-refractivity contribution in [2.75, 3.05) is 28.6 Å². The number of furan rings is 1. The summed E-state index contributed by atoms with van der Waals surface area (Å²) in [6.45, 7) is 4.56. The summed E-state index contributed by atoms with van der Waals surface area (Å²) in [7, 11) is 4.31. The molecule has 26 heavy (non-hydrogen) atoms. The van der Waals surface area contributed by atoms with E-state index in [4.69, 9.17) is 4.42 Å². The third-order valence-corrected chi connectivity index (χ3v) is 5.72. The minimum atomic E-state index is 0.129. The number of hydrogen-bond donors (Lipinski definition) is 0. The quantitative estimate of drug-likeness (QED) is 0.624. The predicted molar refractivity (Wildman–Crippen MR) is 109 cm³/mol. The highest BCUT2D eigenvalue weighted by atomic mass is 16.3. The van der Waals surface area contributed by atoms with Gasteiger partial charge in [-0.2, -0.15) is 0 Å². The molecule has 0 radical (unpaired) electrons. The summed E-state index contributed by atoms with van der Waals surface area (Å²) in [6, 6.07) is 12.7. The van der Waals surface area contributed by atoms with Gasteiger partial charge in [0.25, 0.3) is 0 Å². The molecule has 130 valence electrons.